The summed E-state index contributed by atoms with van der Waals surface area (Å²) < 4.78 is 6.74. The van der Waals surface area contributed by atoms with E-state index in [9.17, 15) is 0 Å². The molecule has 0 atom stereocenters. The molecule has 0 radical (unpaired) electrons. The lowest BCUT2D eigenvalue weighted by molar-refractivity contribution is 0.673. The van der Waals surface area contributed by atoms with Gasteiger partial charge in [0.1, 0.15) is 11.2 Å². The first-order valence-electron chi connectivity index (χ1n) is 17.7. The molecule has 0 spiro atoms. The maximum atomic E-state index is 6.74. The summed E-state index contributed by atoms with van der Waals surface area (Å²) in [7, 11) is 0. The first-order valence-corrected chi connectivity index (χ1v) is 17.7. The zero-order chi connectivity index (χ0) is 34.9. The molecule has 11 aromatic rings. The Labute approximate surface area is 303 Å². The van der Waals surface area contributed by atoms with Crippen molar-refractivity contribution < 1.29 is 4.42 Å². The Morgan fingerprint density at radius 2 is 0.887 bits per heavy atom. The number of benzene rings is 8. The van der Waals surface area contributed by atoms with Gasteiger partial charge in [0, 0.05) is 49.2 Å². The molecule has 0 aliphatic rings. The van der Waals surface area contributed by atoms with Crippen molar-refractivity contribution in [3.63, 3.8) is 0 Å². The summed E-state index contributed by atoms with van der Waals surface area (Å²) in [5, 5.41) is 9.82. The quantitative estimate of drug-likeness (QED) is 0.174. The molecule has 8 aromatic carbocycles. The SMILES string of the molecule is c1ccc(-c2nc3ccccc3c3c2ccc2c4cc(-c5nc(-c6ccc7ccccc7c6)nc(-c6ccc7ccccc7c6)n5)ccc4oc23)cc1. The zero-order valence-electron chi connectivity index (χ0n) is 28.4. The maximum Gasteiger partial charge on any atom is 0.164 e. The fraction of sp³-hybridized carbons (Fsp3) is 0. The van der Waals surface area contributed by atoms with Gasteiger partial charge in [0.25, 0.3) is 0 Å². The highest BCUT2D eigenvalue weighted by atomic mass is 16.3. The Morgan fingerprint density at radius 1 is 0.340 bits per heavy atom. The van der Waals surface area contributed by atoms with Gasteiger partial charge in [-0.05, 0) is 64.0 Å². The van der Waals surface area contributed by atoms with Crippen LogP contribution in [0.5, 0.6) is 0 Å². The highest BCUT2D eigenvalue weighted by molar-refractivity contribution is 6.24. The molecule has 0 amide bonds. The number of nitrogens with zero attached hydrogens (tertiary/aromatic N) is 4. The van der Waals surface area contributed by atoms with E-state index in [1.54, 1.807) is 0 Å². The number of pyridine rings is 1. The van der Waals surface area contributed by atoms with Crippen LogP contribution in [0.15, 0.2) is 174 Å². The van der Waals surface area contributed by atoms with Crippen molar-refractivity contribution in [1.29, 1.82) is 0 Å². The molecule has 0 aliphatic carbocycles. The van der Waals surface area contributed by atoms with E-state index in [2.05, 4.69) is 146 Å². The van der Waals surface area contributed by atoms with Crippen LogP contribution < -0.4 is 0 Å². The molecule has 3 aromatic heterocycles. The molecule has 53 heavy (non-hydrogen) atoms. The second-order valence-electron chi connectivity index (χ2n) is 13.5. The normalized spacial score (nSPS) is 11.8. The molecular weight excluding hydrogens is 649 g/mol. The van der Waals surface area contributed by atoms with Crippen LogP contribution in [0.4, 0.5) is 0 Å². The molecule has 3 heterocycles. The molecular formula is C48H28N4O. The van der Waals surface area contributed by atoms with E-state index in [0.717, 1.165) is 82.3 Å². The fourth-order valence-corrected chi connectivity index (χ4v) is 7.64. The monoisotopic (exact) mass is 676 g/mol. The lowest BCUT2D eigenvalue weighted by Gasteiger charge is -2.10. The number of hydrogen-bond donors (Lipinski definition) is 0. The van der Waals surface area contributed by atoms with Crippen molar-refractivity contribution in [3.8, 4) is 45.4 Å². The molecule has 0 N–H and O–H groups in total. The van der Waals surface area contributed by atoms with Gasteiger partial charge in [0.2, 0.25) is 0 Å². The summed E-state index contributed by atoms with van der Waals surface area (Å²) >= 11 is 0. The van der Waals surface area contributed by atoms with Crippen LogP contribution in [-0.2, 0) is 0 Å². The van der Waals surface area contributed by atoms with Crippen molar-refractivity contribution in [2.75, 3.05) is 0 Å². The lowest BCUT2D eigenvalue weighted by Crippen LogP contribution is -2.00. The van der Waals surface area contributed by atoms with Crippen LogP contribution in [0.2, 0.25) is 0 Å². The van der Waals surface area contributed by atoms with Crippen molar-refractivity contribution in [1.82, 2.24) is 19.9 Å². The molecule has 0 saturated carbocycles. The van der Waals surface area contributed by atoms with Gasteiger partial charge >= 0.3 is 0 Å². The number of hydrogen-bond acceptors (Lipinski definition) is 5. The van der Waals surface area contributed by atoms with Crippen molar-refractivity contribution in [2.24, 2.45) is 0 Å². The lowest BCUT2D eigenvalue weighted by atomic mass is 9.97. The third kappa shape index (κ3) is 4.86. The molecule has 0 saturated heterocycles. The number of fused-ring (bicyclic) bond motifs is 9. The van der Waals surface area contributed by atoms with Crippen molar-refractivity contribution in [3.05, 3.63) is 170 Å². The second-order valence-corrected chi connectivity index (χ2v) is 13.5. The van der Waals surface area contributed by atoms with Gasteiger partial charge in [0.15, 0.2) is 17.5 Å². The summed E-state index contributed by atoms with van der Waals surface area (Å²) in [5.74, 6) is 1.85. The van der Waals surface area contributed by atoms with Crippen LogP contribution in [0.1, 0.15) is 0 Å². The van der Waals surface area contributed by atoms with Crippen LogP contribution in [0.3, 0.4) is 0 Å². The average Bonchev–Trinajstić information content (AvgIpc) is 3.61. The topological polar surface area (TPSA) is 64.7 Å². The smallest absolute Gasteiger partial charge is 0.164 e. The van der Waals surface area contributed by atoms with E-state index in [1.807, 2.05) is 24.3 Å². The third-order valence-electron chi connectivity index (χ3n) is 10.3. The van der Waals surface area contributed by atoms with E-state index < -0.39 is 0 Å². The maximum absolute atomic E-state index is 6.74. The molecule has 11 rings (SSSR count). The molecule has 0 unspecified atom stereocenters. The van der Waals surface area contributed by atoms with E-state index in [1.165, 1.54) is 10.8 Å². The van der Waals surface area contributed by atoms with Gasteiger partial charge in [-0.15, -0.1) is 0 Å². The van der Waals surface area contributed by atoms with Gasteiger partial charge in [-0.1, -0.05) is 127 Å². The summed E-state index contributed by atoms with van der Waals surface area (Å²) in [6.07, 6.45) is 0. The number of rotatable bonds is 4. The largest absolute Gasteiger partial charge is 0.455 e. The second kappa shape index (κ2) is 11.7. The summed E-state index contributed by atoms with van der Waals surface area (Å²) in [6.45, 7) is 0. The molecule has 246 valence electrons. The highest BCUT2D eigenvalue weighted by Gasteiger charge is 2.19. The van der Waals surface area contributed by atoms with E-state index in [-0.39, 0.29) is 0 Å². The average molecular weight is 677 g/mol. The summed E-state index contributed by atoms with van der Waals surface area (Å²) in [6, 6.07) is 58.7. The fourth-order valence-electron chi connectivity index (χ4n) is 7.64. The van der Waals surface area contributed by atoms with Crippen LogP contribution in [0.25, 0.3) is 111 Å². The van der Waals surface area contributed by atoms with Gasteiger partial charge in [0.05, 0.1) is 11.2 Å². The van der Waals surface area contributed by atoms with Gasteiger partial charge in [-0.25, -0.2) is 19.9 Å². The number of para-hydroxylation sites is 1. The first-order chi connectivity index (χ1) is 26.2. The minimum Gasteiger partial charge on any atom is -0.455 e. The molecule has 0 fully saturated rings. The Hall–Kier alpha value is -7.24. The summed E-state index contributed by atoms with van der Waals surface area (Å²) in [4.78, 5) is 20.4. The van der Waals surface area contributed by atoms with Gasteiger partial charge < -0.3 is 4.42 Å². The van der Waals surface area contributed by atoms with Crippen LogP contribution >= 0.6 is 0 Å². The predicted octanol–water partition coefficient (Wildman–Crippen LogP) is 12.4. The Balaban J connectivity index is 1.13. The van der Waals surface area contributed by atoms with E-state index >= 15 is 0 Å². The Bertz CT molecular complexity index is 3140. The van der Waals surface area contributed by atoms with Crippen LogP contribution in [0, 0.1) is 0 Å². The molecule has 5 nitrogen and oxygen atoms in total. The zero-order valence-corrected chi connectivity index (χ0v) is 28.4. The third-order valence-corrected chi connectivity index (χ3v) is 10.3. The minimum atomic E-state index is 0.601. The van der Waals surface area contributed by atoms with E-state index in [0.29, 0.717) is 17.5 Å². The Morgan fingerprint density at radius 3 is 1.57 bits per heavy atom. The molecule has 0 aliphatic heterocycles. The van der Waals surface area contributed by atoms with Gasteiger partial charge in [-0.3, -0.25) is 0 Å². The van der Waals surface area contributed by atoms with E-state index in [4.69, 9.17) is 24.4 Å². The standard InChI is InChI=1S/C48H28N4O/c1-2-12-31(13-3-1)44-39-24-23-37-40-28-36(22-25-42(40)53-45(37)43(39)38-16-8-9-17-41(38)49-44)48-51-46(34-20-18-29-10-4-6-14-32(29)26-34)50-47(52-48)35-21-19-30-11-5-7-15-33(30)27-35/h1-28H. The summed E-state index contributed by atoms with van der Waals surface area (Å²) in [5.41, 5.74) is 7.34. The molecule has 5 heteroatoms. The predicted molar refractivity (Wildman–Crippen MR) is 217 cm³/mol. The van der Waals surface area contributed by atoms with Crippen LogP contribution in [-0.4, -0.2) is 19.9 Å². The first kappa shape index (κ1) is 29.5. The van der Waals surface area contributed by atoms with Crippen molar-refractivity contribution >= 4 is 65.2 Å². The Kier molecular flexibility index (Phi) is 6.48. The number of aromatic nitrogens is 4. The van der Waals surface area contributed by atoms with Gasteiger partial charge in [-0.2, -0.15) is 0 Å². The highest BCUT2D eigenvalue weighted by Crippen LogP contribution is 2.41. The number of furan rings is 1. The molecule has 0 bridgehead atoms. The minimum absolute atomic E-state index is 0.601. The van der Waals surface area contributed by atoms with Crippen molar-refractivity contribution in [2.45, 2.75) is 0 Å².